The summed E-state index contributed by atoms with van der Waals surface area (Å²) >= 11 is 0. The molecule has 4 heteroatoms. The molecule has 1 N–H and O–H groups in total. The predicted octanol–water partition coefficient (Wildman–Crippen LogP) is 2.38. The number of halogens is 1. The van der Waals surface area contributed by atoms with Crippen molar-refractivity contribution in [3.63, 3.8) is 0 Å². The molecule has 1 heterocycles. The molecule has 0 aliphatic carbocycles. The molecule has 0 saturated carbocycles. The van der Waals surface area contributed by atoms with Gasteiger partial charge in [-0.15, -0.1) is 12.4 Å². The molecular formula is C12H18ClNO2. The monoisotopic (exact) mass is 243 g/mol. The maximum Gasteiger partial charge on any atom is 0.231 e. The second-order valence-electron chi connectivity index (χ2n) is 3.79. The molecule has 1 aliphatic rings. The molecule has 16 heavy (non-hydrogen) atoms. The van der Waals surface area contributed by atoms with E-state index >= 15 is 0 Å². The van der Waals surface area contributed by atoms with Crippen LogP contribution in [0.2, 0.25) is 0 Å². The summed E-state index contributed by atoms with van der Waals surface area (Å²) in [6.07, 6.45) is 2.16. The smallest absolute Gasteiger partial charge is 0.231 e. The third-order valence-electron chi connectivity index (χ3n) is 2.82. The van der Waals surface area contributed by atoms with E-state index in [0.29, 0.717) is 12.8 Å². The van der Waals surface area contributed by atoms with Crippen LogP contribution in [0.5, 0.6) is 11.5 Å². The summed E-state index contributed by atoms with van der Waals surface area (Å²) in [5, 5.41) is 3.30. The molecule has 1 aliphatic heterocycles. The minimum Gasteiger partial charge on any atom is -0.454 e. The van der Waals surface area contributed by atoms with Crippen LogP contribution in [-0.4, -0.2) is 19.9 Å². The second kappa shape index (κ2) is 5.97. The largest absolute Gasteiger partial charge is 0.454 e. The first-order chi connectivity index (χ1) is 7.33. The number of hydrogen-bond acceptors (Lipinski definition) is 3. The van der Waals surface area contributed by atoms with E-state index in [1.807, 2.05) is 13.1 Å². The molecule has 0 fully saturated rings. The van der Waals surface area contributed by atoms with Gasteiger partial charge in [-0.1, -0.05) is 13.0 Å². The highest BCUT2D eigenvalue weighted by Crippen LogP contribution is 2.32. The average molecular weight is 244 g/mol. The second-order valence-corrected chi connectivity index (χ2v) is 3.79. The van der Waals surface area contributed by atoms with Crippen LogP contribution >= 0.6 is 12.4 Å². The van der Waals surface area contributed by atoms with Crippen molar-refractivity contribution in [1.82, 2.24) is 5.32 Å². The van der Waals surface area contributed by atoms with Gasteiger partial charge in [-0.3, -0.25) is 0 Å². The maximum atomic E-state index is 5.35. The lowest BCUT2D eigenvalue weighted by Gasteiger charge is -2.13. The third-order valence-corrected chi connectivity index (χ3v) is 2.82. The van der Waals surface area contributed by atoms with E-state index in [9.17, 15) is 0 Å². The summed E-state index contributed by atoms with van der Waals surface area (Å²) in [7, 11) is 2.00. The third kappa shape index (κ3) is 2.80. The van der Waals surface area contributed by atoms with Gasteiger partial charge in [0.1, 0.15) is 0 Å². The van der Waals surface area contributed by atoms with Gasteiger partial charge in [0, 0.05) is 6.04 Å². The first-order valence-corrected chi connectivity index (χ1v) is 5.39. The molecule has 1 unspecified atom stereocenters. The van der Waals surface area contributed by atoms with Gasteiger partial charge in [0.25, 0.3) is 0 Å². The Hall–Kier alpha value is -0.930. The quantitative estimate of drug-likeness (QED) is 0.881. The molecule has 0 bridgehead atoms. The number of nitrogens with one attached hydrogen (secondary N) is 1. The normalized spacial score (nSPS) is 14.4. The molecule has 1 aromatic rings. The van der Waals surface area contributed by atoms with Gasteiger partial charge in [-0.25, -0.2) is 0 Å². The average Bonchev–Trinajstić information content (AvgIpc) is 2.73. The zero-order valence-corrected chi connectivity index (χ0v) is 10.5. The van der Waals surface area contributed by atoms with Crippen molar-refractivity contribution in [3.8, 4) is 11.5 Å². The van der Waals surface area contributed by atoms with Crippen LogP contribution in [-0.2, 0) is 6.42 Å². The van der Waals surface area contributed by atoms with Gasteiger partial charge in [0.15, 0.2) is 11.5 Å². The highest BCUT2D eigenvalue weighted by atomic mass is 35.5. The fraction of sp³-hybridized carbons (Fsp3) is 0.500. The van der Waals surface area contributed by atoms with Crippen LogP contribution in [0.3, 0.4) is 0 Å². The number of likely N-dealkylation sites (N-methyl/N-ethyl adjacent to an activating group) is 1. The molecule has 1 aromatic carbocycles. The van der Waals surface area contributed by atoms with Gasteiger partial charge in [0.2, 0.25) is 6.79 Å². The van der Waals surface area contributed by atoms with Gasteiger partial charge in [0.05, 0.1) is 0 Å². The van der Waals surface area contributed by atoms with Crippen molar-refractivity contribution < 1.29 is 9.47 Å². The highest BCUT2D eigenvalue weighted by molar-refractivity contribution is 5.85. The van der Waals surface area contributed by atoms with E-state index in [1.165, 1.54) is 5.56 Å². The van der Waals surface area contributed by atoms with Crippen LogP contribution in [0.25, 0.3) is 0 Å². The maximum absolute atomic E-state index is 5.35. The van der Waals surface area contributed by atoms with Crippen LogP contribution < -0.4 is 14.8 Å². The lowest BCUT2D eigenvalue weighted by atomic mass is 10.0. The van der Waals surface area contributed by atoms with E-state index in [1.54, 1.807) is 0 Å². The molecule has 0 spiro atoms. The number of rotatable bonds is 4. The lowest BCUT2D eigenvalue weighted by molar-refractivity contribution is 0.174. The van der Waals surface area contributed by atoms with E-state index < -0.39 is 0 Å². The Morgan fingerprint density at radius 2 is 2.06 bits per heavy atom. The van der Waals surface area contributed by atoms with Crippen molar-refractivity contribution in [2.75, 3.05) is 13.8 Å². The van der Waals surface area contributed by atoms with Crippen LogP contribution in [0.4, 0.5) is 0 Å². The molecule has 90 valence electrons. The summed E-state index contributed by atoms with van der Waals surface area (Å²) in [5.74, 6) is 1.73. The Morgan fingerprint density at radius 3 is 2.75 bits per heavy atom. The van der Waals surface area contributed by atoms with Gasteiger partial charge >= 0.3 is 0 Å². The Kier molecular flexibility index (Phi) is 4.90. The molecule has 3 nitrogen and oxygen atoms in total. The molecule has 2 rings (SSSR count). The SMILES string of the molecule is CCC(Cc1ccc2c(c1)OCO2)NC.Cl. The molecular weight excluding hydrogens is 226 g/mol. The molecule has 0 saturated heterocycles. The van der Waals surface area contributed by atoms with Crippen molar-refractivity contribution in [2.24, 2.45) is 0 Å². The fourth-order valence-electron chi connectivity index (χ4n) is 1.80. The Labute approximate surface area is 103 Å². The lowest BCUT2D eigenvalue weighted by Crippen LogP contribution is -2.26. The molecule has 1 atom stereocenters. The Balaban J connectivity index is 0.00000128. The number of benzene rings is 1. The summed E-state index contributed by atoms with van der Waals surface area (Å²) < 4.78 is 10.6. The standard InChI is InChI=1S/C12H17NO2.ClH/c1-3-10(13-2)6-9-4-5-11-12(7-9)15-8-14-11;/h4-5,7,10,13H,3,6,8H2,1-2H3;1H. The summed E-state index contributed by atoms with van der Waals surface area (Å²) in [4.78, 5) is 0. The van der Waals surface area contributed by atoms with E-state index in [-0.39, 0.29) is 12.4 Å². The fourth-order valence-corrected chi connectivity index (χ4v) is 1.80. The van der Waals surface area contributed by atoms with Gasteiger partial charge in [-0.05, 0) is 37.6 Å². The van der Waals surface area contributed by atoms with Crippen molar-refractivity contribution >= 4 is 12.4 Å². The summed E-state index contributed by atoms with van der Waals surface area (Å²) in [5.41, 5.74) is 1.29. The van der Waals surface area contributed by atoms with E-state index in [0.717, 1.165) is 24.3 Å². The summed E-state index contributed by atoms with van der Waals surface area (Å²) in [6, 6.07) is 6.70. The van der Waals surface area contributed by atoms with Crippen molar-refractivity contribution in [3.05, 3.63) is 23.8 Å². The number of fused-ring (bicyclic) bond motifs is 1. The molecule has 0 amide bonds. The molecule has 0 radical (unpaired) electrons. The first kappa shape index (κ1) is 13.1. The van der Waals surface area contributed by atoms with Crippen molar-refractivity contribution in [2.45, 2.75) is 25.8 Å². The van der Waals surface area contributed by atoms with Gasteiger partial charge < -0.3 is 14.8 Å². The van der Waals surface area contributed by atoms with Crippen molar-refractivity contribution in [1.29, 1.82) is 0 Å². The first-order valence-electron chi connectivity index (χ1n) is 5.39. The zero-order valence-electron chi connectivity index (χ0n) is 9.66. The van der Waals surface area contributed by atoms with E-state index in [2.05, 4.69) is 24.4 Å². The Morgan fingerprint density at radius 1 is 1.31 bits per heavy atom. The minimum absolute atomic E-state index is 0. The highest BCUT2D eigenvalue weighted by Gasteiger charge is 2.14. The van der Waals surface area contributed by atoms with Gasteiger partial charge in [-0.2, -0.15) is 0 Å². The van der Waals surface area contributed by atoms with Crippen LogP contribution in [0, 0.1) is 0 Å². The minimum atomic E-state index is 0. The molecule has 0 aromatic heterocycles. The van der Waals surface area contributed by atoms with Crippen LogP contribution in [0.15, 0.2) is 18.2 Å². The topological polar surface area (TPSA) is 30.5 Å². The number of hydrogen-bond donors (Lipinski definition) is 1. The zero-order chi connectivity index (χ0) is 10.7. The Bertz CT molecular complexity index is 340. The predicted molar refractivity (Wildman–Crippen MR) is 66.7 cm³/mol. The van der Waals surface area contributed by atoms with Crippen LogP contribution in [0.1, 0.15) is 18.9 Å². The van der Waals surface area contributed by atoms with E-state index in [4.69, 9.17) is 9.47 Å². The number of ether oxygens (including phenoxy) is 2. The summed E-state index contributed by atoms with van der Waals surface area (Å²) in [6.45, 7) is 2.54.